The van der Waals surface area contributed by atoms with E-state index >= 15 is 0 Å². The van der Waals surface area contributed by atoms with Gasteiger partial charge in [0.15, 0.2) is 0 Å². The molecule has 0 N–H and O–H groups in total. The van der Waals surface area contributed by atoms with E-state index in [4.69, 9.17) is 0 Å². The first-order valence-electron chi connectivity index (χ1n) is 7.68. The molecule has 0 aliphatic carbocycles. The fourth-order valence-electron chi connectivity index (χ4n) is 2.76. The number of aromatic nitrogens is 2. The minimum Gasteiger partial charge on any atom is -0.300 e. The molecule has 1 aromatic heterocycles. The molecule has 0 aliphatic heterocycles. The Kier molecular flexibility index (Phi) is 4.18. The maximum absolute atomic E-state index is 13.4. The van der Waals surface area contributed by atoms with Gasteiger partial charge < -0.3 is 0 Å². The molecule has 0 spiro atoms. The molecule has 0 atom stereocenters. The topological polar surface area (TPSA) is 17.8 Å². The van der Waals surface area contributed by atoms with Crippen LogP contribution in [-0.4, -0.2) is 9.55 Å². The van der Waals surface area contributed by atoms with E-state index in [-0.39, 0.29) is 5.92 Å². The van der Waals surface area contributed by atoms with Crippen molar-refractivity contribution < 1.29 is 13.2 Å². The van der Waals surface area contributed by atoms with E-state index < -0.39 is 11.7 Å². The van der Waals surface area contributed by atoms with Crippen LogP contribution in [0.25, 0.3) is 17.1 Å². The molecule has 0 aliphatic rings. The molecule has 2 aromatic carbocycles. The molecule has 24 heavy (non-hydrogen) atoms. The van der Waals surface area contributed by atoms with Gasteiger partial charge in [0.1, 0.15) is 5.82 Å². The molecular formula is C19H17F3N2. The number of rotatable bonds is 3. The zero-order valence-corrected chi connectivity index (χ0v) is 13.4. The summed E-state index contributed by atoms with van der Waals surface area (Å²) in [6.07, 6.45) is -1.12. The maximum Gasteiger partial charge on any atom is 0.416 e. The Bertz CT molecular complexity index is 833. The summed E-state index contributed by atoms with van der Waals surface area (Å²) in [6, 6.07) is 13.8. The SMILES string of the molecule is CC(C)c1ccc(-n2ccnc2-c2ccccc2)cc1C(F)(F)F. The largest absolute Gasteiger partial charge is 0.416 e. The molecule has 5 heteroatoms. The van der Waals surface area contributed by atoms with Crippen LogP contribution < -0.4 is 0 Å². The molecule has 3 aromatic rings. The van der Waals surface area contributed by atoms with Crippen LogP contribution in [0.5, 0.6) is 0 Å². The van der Waals surface area contributed by atoms with E-state index in [1.165, 1.54) is 6.07 Å². The third-order valence-corrected chi connectivity index (χ3v) is 3.92. The number of hydrogen-bond donors (Lipinski definition) is 0. The van der Waals surface area contributed by atoms with E-state index in [0.29, 0.717) is 17.1 Å². The van der Waals surface area contributed by atoms with Gasteiger partial charge in [0, 0.05) is 23.6 Å². The van der Waals surface area contributed by atoms with E-state index in [2.05, 4.69) is 4.98 Å². The first-order chi connectivity index (χ1) is 11.4. The standard InChI is InChI=1S/C19H17F3N2/c1-13(2)16-9-8-15(12-17(16)19(20,21)22)24-11-10-23-18(24)14-6-4-3-5-7-14/h3-13H,1-2H3. The average molecular weight is 330 g/mol. The van der Waals surface area contributed by atoms with Crippen molar-refractivity contribution in [3.63, 3.8) is 0 Å². The van der Waals surface area contributed by atoms with Gasteiger partial charge in [-0.25, -0.2) is 4.98 Å². The van der Waals surface area contributed by atoms with E-state index in [9.17, 15) is 13.2 Å². The third-order valence-electron chi connectivity index (χ3n) is 3.92. The highest BCUT2D eigenvalue weighted by molar-refractivity contribution is 5.59. The summed E-state index contributed by atoms with van der Waals surface area (Å²) in [5, 5.41) is 0. The summed E-state index contributed by atoms with van der Waals surface area (Å²) in [4.78, 5) is 4.29. The fraction of sp³-hybridized carbons (Fsp3) is 0.211. The van der Waals surface area contributed by atoms with Crippen LogP contribution in [0, 0.1) is 0 Å². The highest BCUT2D eigenvalue weighted by Crippen LogP contribution is 2.37. The van der Waals surface area contributed by atoms with E-state index in [1.807, 2.05) is 30.3 Å². The zero-order valence-electron chi connectivity index (χ0n) is 13.4. The summed E-state index contributed by atoms with van der Waals surface area (Å²) in [5.41, 5.74) is 1.00. The number of hydrogen-bond acceptors (Lipinski definition) is 1. The lowest BCUT2D eigenvalue weighted by Crippen LogP contribution is -2.11. The summed E-state index contributed by atoms with van der Waals surface area (Å²) in [5.74, 6) is 0.410. The van der Waals surface area contributed by atoms with Gasteiger partial charge >= 0.3 is 6.18 Å². The van der Waals surface area contributed by atoms with Gasteiger partial charge in [-0.2, -0.15) is 13.2 Å². The van der Waals surface area contributed by atoms with Crippen molar-refractivity contribution in [1.82, 2.24) is 9.55 Å². The van der Waals surface area contributed by atoms with Crippen LogP contribution in [0.3, 0.4) is 0 Å². The second kappa shape index (κ2) is 6.15. The highest BCUT2D eigenvalue weighted by Gasteiger charge is 2.34. The summed E-state index contributed by atoms with van der Waals surface area (Å²) >= 11 is 0. The molecule has 0 saturated heterocycles. The molecule has 0 unspecified atom stereocenters. The van der Waals surface area contributed by atoms with Crippen LogP contribution in [0.2, 0.25) is 0 Å². The van der Waals surface area contributed by atoms with E-state index in [1.54, 1.807) is 42.9 Å². The molecule has 0 saturated carbocycles. The Labute approximate surface area is 138 Å². The first kappa shape index (κ1) is 16.3. The number of nitrogens with zero attached hydrogens (tertiary/aromatic N) is 2. The predicted molar refractivity (Wildman–Crippen MR) is 88.1 cm³/mol. The van der Waals surface area contributed by atoms with Gasteiger partial charge in [0.25, 0.3) is 0 Å². The summed E-state index contributed by atoms with van der Waals surface area (Å²) < 4.78 is 42.0. The van der Waals surface area contributed by atoms with Gasteiger partial charge in [-0.1, -0.05) is 50.2 Å². The zero-order chi connectivity index (χ0) is 17.3. The maximum atomic E-state index is 13.4. The highest BCUT2D eigenvalue weighted by atomic mass is 19.4. The van der Waals surface area contributed by atoms with E-state index in [0.717, 1.165) is 5.56 Å². The number of benzene rings is 2. The lowest BCUT2D eigenvalue weighted by atomic mass is 9.96. The smallest absolute Gasteiger partial charge is 0.300 e. The number of alkyl halides is 3. The minimum atomic E-state index is -4.39. The average Bonchev–Trinajstić information content (AvgIpc) is 3.04. The van der Waals surface area contributed by atoms with Gasteiger partial charge in [-0.3, -0.25) is 4.57 Å². The van der Waals surface area contributed by atoms with Crippen LogP contribution in [0.4, 0.5) is 13.2 Å². The van der Waals surface area contributed by atoms with Crippen molar-refractivity contribution in [1.29, 1.82) is 0 Å². The molecule has 0 bridgehead atoms. The molecule has 0 radical (unpaired) electrons. The third kappa shape index (κ3) is 3.07. The summed E-state index contributed by atoms with van der Waals surface area (Å²) in [7, 11) is 0. The Morgan fingerprint density at radius 2 is 1.71 bits per heavy atom. The monoisotopic (exact) mass is 330 g/mol. The quantitative estimate of drug-likeness (QED) is 0.604. The molecule has 0 fully saturated rings. The lowest BCUT2D eigenvalue weighted by molar-refractivity contribution is -0.138. The fourth-order valence-corrected chi connectivity index (χ4v) is 2.76. The van der Waals surface area contributed by atoms with Crippen LogP contribution in [0.15, 0.2) is 60.9 Å². The van der Waals surface area contributed by atoms with Crippen molar-refractivity contribution in [2.75, 3.05) is 0 Å². The molecule has 2 nitrogen and oxygen atoms in total. The van der Waals surface area contributed by atoms with Crippen molar-refractivity contribution in [2.24, 2.45) is 0 Å². The first-order valence-corrected chi connectivity index (χ1v) is 7.68. The van der Waals surface area contributed by atoms with Gasteiger partial charge in [-0.05, 0) is 23.6 Å². The number of halogens is 3. The Hall–Kier alpha value is -2.56. The normalized spacial score (nSPS) is 11.9. The van der Waals surface area contributed by atoms with Crippen molar-refractivity contribution >= 4 is 0 Å². The second-order valence-corrected chi connectivity index (χ2v) is 5.91. The Balaban J connectivity index is 2.14. The molecule has 3 rings (SSSR count). The molecular weight excluding hydrogens is 313 g/mol. The van der Waals surface area contributed by atoms with Gasteiger partial charge in [0.05, 0.1) is 5.56 Å². The number of imidazole rings is 1. The lowest BCUT2D eigenvalue weighted by Gasteiger charge is -2.18. The second-order valence-electron chi connectivity index (χ2n) is 5.91. The van der Waals surface area contributed by atoms with Crippen LogP contribution in [0.1, 0.15) is 30.9 Å². The molecule has 1 heterocycles. The van der Waals surface area contributed by atoms with Crippen LogP contribution >= 0.6 is 0 Å². The van der Waals surface area contributed by atoms with Gasteiger partial charge in [0.2, 0.25) is 0 Å². The van der Waals surface area contributed by atoms with Crippen LogP contribution in [-0.2, 0) is 6.18 Å². The predicted octanol–water partition coefficient (Wildman–Crippen LogP) is 5.68. The molecule has 124 valence electrons. The van der Waals surface area contributed by atoms with Crippen molar-refractivity contribution in [3.8, 4) is 17.1 Å². The Morgan fingerprint density at radius 3 is 2.33 bits per heavy atom. The summed E-state index contributed by atoms with van der Waals surface area (Å²) in [6.45, 7) is 3.52. The van der Waals surface area contributed by atoms with Crippen molar-refractivity contribution in [3.05, 3.63) is 72.1 Å². The van der Waals surface area contributed by atoms with Crippen molar-refractivity contribution in [2.45, 2.75) is 25.9 Å². The molecule has 0 amide bonds. The Morgan fingerprint density at radius 1 is 1.00 bits per heavy atom. The van der Waals surface area contributed by atoms with Gasteiger partial charge in [-0.15, -0.1) is 0 Å². The minimum absolute atomic E-state index is 0.202.